The lowest BCUT2D eigenvalue weighted by Gasteiger charge is -2.29. The van der Waals surface area contributed by atoms with Crippen molar-refractivity contribution in [2.45, 2.75) is 45.6 Å². The maximum Gasteiger partial charge on any atom is 0.410 e. The van der Waals surface area contributed by atoms with Crippen molar-refractivity contribution in [2.75, 3.05) is 19.0 Å². The number of carbonyl (C=O) groups excluding carboxylic acids is 2. The third-order valence-corrected chi connectivity index (χ3v) is 3.44. The van der Waals surface area contributed by atoms with Crippen molar-refractivity contribution in [2.24, 2.45) is 0 Å². The first kappa shape index (κ1) is 18.0. The summed E-state index contributed by atoms with van der Waals surface area (Å²) < 4.78 is 4.84. The van der Waals surface area contributed by atoms with E-state index in [2.05, 4.69) is 5.32 Å². The van der Waals surface area contributed by atoms with E-state index < -0.39 is 12.1 Å². The van der Waals surface area contributed by atoms with Crippen molar-refractivity contribution < 1.29 is 14.3 Å². The number of carbonyl (C=O) groups is 2. The molecule has 0 radical (unpaired) electrons. The first-order valence-corrected chi connectivity index (χ1v) is 7.84. The molecule has 5 nitrogen and oxygen atoms in total. The Morgan fingerprint density at radius 3 is 2.41 bits per heavy atom. The molecule has 122 valence electrons. The van der Waals surface area contributed by atoms with Crippen molar-refractivity contribution in [3.63, 3.8) is 0 Å². The third kappa shape index (κ3) is 5.39. The van der Waals surface area contributed by atoms with Gasteiger partial charge in [-0.15, -0.1) is 0 Å². The van der Waals surface area contributed by atoms with Crippen LogP contribution in [0.1, 0.15) is 39.5 Å². The smallest absolute Gasteiger partial charge is 0.410 e. The van der Waals surface area contributed by atoms with Crippen LogP contribution < -0.4 is 5.32 Å². The normalized spacial score (nSPS) is 11.6. The maximum atomic E-state index is 12.6. The molecule has 0 aliphatic heterocycles. The van der Waals surface area contributed by atoms with Gasteiger partial charge in [0.25, 0.3) is 0 Å². The van der Waals surface area contributed by atoms with E-state index in [1.54, 1.807) is 0 Å². The topological polar surface area (TPSA) is 58.6 Å². The summed E-state index contributed by atoms with van der Waals surface area (Å²) in [5.41, 5.74) is 0.730. The number of nitrogens with one attached hydrogen (secondary N) is 1. The van der Waals surface area contributed by atoms with E-state index in [1.165, 1.54) is 12.0 Å². The summed E-state index contributed by atoms with van der Waals surface area (Å²) in [5.74, 6) is -0.172. The van der Waals surface area contributed by atoms with Gasteiger partial charge in [-0.1, -0.05) is 44.9 Å². The van der Waals surface area contributed by atoms with E-state index in [0.29, 0.717) is 13.0 Å². The Morgan fingerprint density at radius 2 is 1.86 bits per heavy atom. The minimum Gasteiger partial charge on any atom is -0.453 e. The minimum atomic E-state index is -0.510. The van der Waals surface area contributed by atoms with Crippen LogP contribution in [0, 0.1) is 0 Å². The molecule has 1 atom stereocenters. The van der Waals surface area contributed by atoms with Crippen LogP contribution in [0.5, 0.6) is 0 Å². The van der Waals surface area contributed by atoms with Crippen molar-refractivity contribution in [3.05, 3.63) is 30.3 Å². The molecule has 0 heterocycles. The largest absolute Gasteiger partial charge is 0.453 e. The van der Waals surface area contributed by atoms with Gasteiger partial charge in [-0.3, -0.25) is 9.69 Å². The highest BCUT2D eigenvalue weighted by molar-refractivity contribution is 5.96. The third-order valence-electron chi connectivity index (χ3n) is 3.44. The molecule has 22 heavy (non-hydrogen) atoms. The van der Waals surface area contributed by atoms with Crippen LogP contribution in [-0.2, 0) is 9.53 Å². The molecule has 5 heteroatoms. The zero-order valence-corrected chi connectivity index (χ0v) is 13.7. The fourth-order valence-corrected chi connectivity index (χ4v) is 2.27. The highest BCUT2D eigenvalue weighted by atomic mass is 16.5. The number of nitrogens with zero attached hydrogens (tertiary/aromatic N) is 1. The number of hydrogen-bond donors (Lipinski definition) is 1. The Labute approximate surface area is 132 Å². The number of benzene rings is 1. The van der Waals surface area contributed by atoms with Gasteiger partial charge in [-0.25, -0.2) is 4.79 Å². The van der Waals surface area contributed by atoms with E-state index in [4.69, 9.17) is 4.74 Å². The van der Waals surface area contributed by atoms with E-state index >= 15 is 0 Å². The van der Waals surface area contributed by atoms with Gasteiger partial charge < -0.3 is 10.1 Å². The molecule has 1 N–H and O–H groups in total. The highest BCUT2D eigenvalue weighted by Crippen LogP contribution is 2.14. The average molecular weight is 306 g/mol. The lowest BCUT2D eigenvalue weighted by molar-refractivity contribution is -0.121. The highest BCUT2D eigenvalue weighted by Gasteiger charge is 2.29. The Morgan fingerprint density at radius 1 is 1.18 bits per heavy atom. The molecular formula is C17H26N2O3. The standard InChI is InChI=1S/C17H26N2O3/c1-4-6-13-19(17(21)22-3)15(10-5-2)16(20)18-14-11-8-7-9-12-14/h7-9,11-12,15H,4-6,10,13H2,1-3H3,(H,18,20). The molecule has 0 saturated carbocycles. The van der Waals surface area contributed by atoms with E-state index in [9.17, 15) is 9.59 Å². The zero-order chi connectivity index (χ0) is 16.4. The molecule has 1 aromatic carbocycles. The average Bonchev–Trinajstić information content (AvgIpc) is 2.54. The summed E-state index contributed by atoms with van der Waals surface area (Å²) in [4.78, 5) is 26.1. The van der Waals surface area contributed by atoms with Crippen molar-refractivity contribution in [1.29, 1.82) is 0 Å². The molecular weight excluding hydrogens is 280 g/mol. The molecule has 0 saturated heterocycles. The predicted octanol–water partition coefficient (Wildman–Crippen LogP) is 3.66. The summed E-state index contributed by atoms with van der Waals surface area (Å²) in [6, 6.07) is 8.76. The van der Waals surface area contributed by atoms with Crippen LogP contribution in [0.4, 0.5) is 10.5 Å². The zero-order valence-electron chi connectivity index (χ0n) is 13.7. The van der Waals surface area contributed by atoms with Gasteiger partial charge in [0.2, 0.25) is 5.91 Å². The van der Waals surface area contributed by atoms with Gasteiger partial charge in [0.1, 0.15) is 6.04 Å². The van der Waals surface area contributed by atoms with Gasteiger partial charge in [-0.05, 0) is 25.0 Å². The van der Waals surface area contributed by atoms with E-state index in [-0.39, 0.29) is 5.91 Å². The van der Waals surface area contributed by atoms with Crippen LogP contribution >= 0.6 is 0 Å². The number of para-hydroxylation sites is 1. The molecule has 0 bridgehead atoms. The Hall–Kier alpha value is -2.04. The molecule has 0 fully saturated rings. The van der Waals surface area contributed by atoms with Gasteiger partial charge >= 0.3 is 6.09 Å². The number of methoxy groups -OCH3 is 1. The Balaban J connectivity index is 2.87. The Kier molecular flexibility index (Phi) is 8.04. The lowest BCUT2D eigenvalue weighted by Crippen LogP contribution is -2.47. The summed E-state index contributed by atoms with van der Waals surface area (Å²) >= 11 is 0. The number of rotatable bonds is 8. The second-order valence-corrected chi connectivity index (χ2v) is 5.18. The van der Waals surface area contributed by atoms with Gasteiger partial charge in [0.15, 0.2) is 0 Å². The van der Waals surface area contributed by atoms with Gasteiger partial charge in [-0.2, -0.15) is 0 Å². The summed E-state index contributed by atoms with van der Waals surface area (Å²) in [6.45, 7) is 4.57. The Bertz CT molecular complexity index is 462. The second-order valence-electron chi connectivity index (χ2n) is 5.18. The van der Waals surface area contributed by atoms with E-state index in [0.717, 1.165) is 24.9 Å². The molecule has 1 rings (SSSR count). The van der Waals surface area contributed by atoms with Crippen LogP contribution in [0.3, 0.4) is 0 Å². The predicted molar refractivity (Wildman–Crippen MR) is 87.8 cm³/mol. The van der Waals surface area contributed by atoms with Crippen molar-refractivity contribution >= 4 is 17.7 Å². The quantitative estimate of drug-likeness (QED) is 0.797. The van der Waals surface area contributed by atoms with Crippen LogP contribution in [0.2, 0.25) is 0 Å². The van der Waals surface area contributed by atoms with Crippen LogP contribution in [0.25, 0.3) is 0 Å². The monoisotopic (exact) mass is 306 g/mol. The summed E-state index contributed by atoms with van der Waals surface area (Å²) in [7, 11) is 1.35. The van der Waals surface area contributed by atoms with Gasteiger partial charge in [0, 0.05) is 12.2 Å². The van der Waals surface area contributed by atoms with Gasteiger partial charge in [0.05, 0.1) is 7.11 Å². The number of ether oxygens (including phenoxy) is 1. The van der Waals surface area contributed by atoms with Crippen molar-refractivity contribution in [3.8, 4) is 0 Å². The first-order valence-electron chi connectivity index (χ1n) is 7.84. The molecule has 1 aromatic rings. The second kappa shape index (κ2) is 9.82. The van der Waals surface area contributed by atoms with Crippen molar-refractivity contribution in [1.82, 2.24) is 4.90 Å². The van der Waals surface area contributed by atoms with E-state index in [1.807, 2.05) is 44.2 Å². The summed E-state index contributed by atoms with van der Waals surface area (Å²) in [6.07, 6.45) is 2.76. The van der Waals surface area contributed by atoms with Crippen LogP contribution in [0.15, 0.2) is 30.3 Å². The first-order chi connectivity index (χ1) is 10.6. The fraction of sp³-hybridized carbons (Fsp3) is 0.529. The number of hydrogen-bond acceptors (Lipinski definition) is 3. The molecule has 0 aromatic heterocycles. The van der Waals surface area contributed by atoms with Crippen LogP contribution in [-0.4, -0.2) is 36.6 Å². The lowest BCUT2D eigenvalue weighted by atomic mass is 10.1. The number of anilines is 1. The SMILES string of the molecule is CCCCN(C(=O)OC)C(CCC)C(=O)Nc1ccccc1. The number of amides is 2. The molecule has 0 aliphatic carbocycles. The molecule has 1 unspecified atom stereocenters. The summed E-state index contributed by atoms with van der Waals surface area (Å²) in [5, 5.41) is 2.87. The fourth-order valence-electron chi connectivity index (χ4n) is 2.27. The minimum absolute atomic E-state index is 0.172. The molecule has 0 spiro atoms. The molecule has 0 aliphatic rings. The molecule has 2 amide bonds. The number of unbranched alkanes of at least 4 members (excludes halogenated alkanes) is 1. The maximum absolute atomic E-state index is 12.6.